The average Bonchev–Trinajstić information content (AvgIpc) is 2.38. The molecule has 0 radical (unpaired) electrons. The van der Waals surface area contributed by atoms with Crippen LogP contribution in [0.25, 0.3) is 0 Å². The number of sulfonamides is 2. The molecular formula is C13H20N2O4S2. The van der Waals surface area contributed by atoms with Gasteiger partial charge in [0, 0.05) is 18.8 Å². The minimum Gasteiger partial charge on any atom is -0.284 e. The molecular weight excluding hydrogens is 312 g/mol. The number of anilines is 1. The monoisotopic (exact) mass is 332 g/mol. The Bertz CT molecular complexity index is 688. The average molecular weight is 332 g/mol. The molecule has 1 aliphatic heterocycles. The highest BCUT2D eigenvalue weighted by molar-refractivity contribution is 7.92. The highest BCUT2D eigenvalue weighted by Gasteiger charge is 2.27. The van der Waals surface area contributed by atoms with E-state index < -0.39 is 20.0 Å². The minimum atomic E-state index is -3.49. The Morgan fingerprint density at radius 2 is 1.57 bits per heavy atom. The van der Waals surface area contributed by atoms with Crippen LogP contribution in [-0.2, 0) is 20.0 Å². The number of nitrogens with one attached hydrogen (secondary N) is 1. The van der Waals surface area contributed by atoms with Gasteiger partial charge in [-0.15, -0.1) is 0 Å². The van der Waals surface area contributed by atoms with Gasteiger partial charge < -0.3 is 0 Å². The SMILES string of the molecule is CC1CCN(S(=O)(=O)c2ccc(NS(C)(=O)=O)cc2)CC1. The van der Waals surface area contributed by atoms with Crippen LogP contribution in [-0.4, -0.2) is 40.5 Å². The molecule has 1 aliphatic rings. The molecule has 0 spiro atoms. The van der Waals surface area contributed by atoms with E-state index in [1.165, 1.54) is 28.6 Å². The Morgan fingerprint density at radius 1 is 1.05 bits per heavy atom. The van der Waals surface area contributed by atoms with Crippen LogP contribution in [0, 0.1) is 5.92 Å². The number of benzene rings is 1. The lowest BCUT2D eigenvalue weighted by Gasteiger charge is -2.29. The molecule has 2 rings (SSSR count). The van der Waals surface area contributed by atoms with Crippen molar-refractivity contribution in [2.45, 2.75) is 24.7 Å². The number of hydrogen-bond donors (Lipinski definition) is 1. The standard InChI is InChI=1S/C13H20N2O4S2/c1-11-7-9-15(10-8-11)21(18,19)13-5-3-12(4-6-13)14-20(2,16)17/h3-6,11,14H,7-10H2,1-2H3. The van der Waals surface area contributed by atoms with Crippen LogP contribution in [0.5, 0.6) is 0 Å². The molecule has 0 aromatic heterocycles. The zero-order valence-corrected chi connectivity index (χ0v) is 13.7. The summed E-state index contributed by atoms with van der Waals surface area (Å²) in [6.45, 7) is 3.19. The fraction of sp³-hybridized carbons (Fsp3) is 0.538. The van der Waals surface area contributed by atoms with Gasteiger partial charge in [0.05, 0.1) is 11.2 Å². The third-order valence-electron chi connectivity index (χ3n) is 3.54. The van der Waals surface area contributed by atoms with Crippen LogP contribution in [0.1, 0.15) is 19.8 Å². The Kier molecular flexibility index (Phi) is 4.60. The van der Waals surface area contributed by atoms with Crippen molar-refractivity contribution < 1.29 is 16.8 Å². The molecule has 21 heavy (non-hydrogen) atoms. The molecule has 1 aromatic rings. The predicted molar refractivity (Wildman–Crippen MR) is 82.1 cm³/mol. The van der Waals surface area contributed by atoms with E-state index in [4.69, 9.17) is 0 Å². The van der Waals surface area contributed by atoms with Crippen molar-refractivity contribution in [3.05, 3.63) is 24.3 Å². The minimum absolute atomic E-state index is 0.191. The van der Waals surface area contributed by atoms with Gasteiger partial charge >= 0.3 is 0 Å². The van der Waals surface area contributed by atoms with Gasteiger partial charge in [-0.05, 0) is 43.0 Å². The summed E-state index contributed by atoms with van der Waals surface area (Å²) in [6, 6.07) is 5.78. The summed E-state index contributed by atoms with van der Waals surface area (Å²) >= 11 is 0. The van der Waals surface area contributed by atoms with Crippen molar-refractivity contribution in [3.8, 4) is 0 Å². The van der Waals surface area contributed by atoms with Crippen LogP contribution < -0.4 is 4.72 Å². The first kappa shape index (κ1) is 16.3. The highest BCUT2D eigenvalue weighted by Crippen LogP contribution is 2.24. The van der Waals surface area contributed by atoms with Gasteiger partial charge in [-0.1, -0.05) is 6.92 Å². The van der Waals surface area contributed by atoms with Gasteiger partial charge in [-0.3, -0.25) is 4.72 Å². The molecule has 118 valence electrons. The first-order valence-electron chi connectivity index (χ1n) is 6.76. The van der Waals surface area contributed by atoms with Crippen molar-refractivity contribution in [2.24, 2.45) is 5.92 Å². The Labute approximate surface area is 126 Å². The van der Waals surface area contributed by atoms with Crippen molar-refractivity contribution in [1.29, 1.82) is 0 Å². The maximum absolute atomic E-state index is 12.5. The molecule has 0 atom stereocenters. The zero-order valence-electron chi connectivity index (χ0n) is 12.1. The molecule has 1 aromatic carbocycles. The largest absolute Gasteiger partial charge is 0.284 e. The van der Waals surface area contributed by atoms with E-state index in [9.17, 15) is 16.8 Å². The van der Waals surface area contributed by atoms with E-state index in [-0.39, 0.29) is 4.90 Å². The Hall–Kier alpha value is -1.12. The van der Waals surface area contributed by atoms with Gasteiger partial charge in [0.2, 0.25) is 20.0 Å². The van der Waals surface area contributed by atoms with Crippen molar-refractivity contribution >= 4 is 25.7 Å². The van der Waals surface area contributed by atoms with Crippen LogP contribution in [0.4, 0.5) is 5.69 Å². The van der Waals surface area contributed by atoms with Gasteiger partial charge in [-0.25, -0.2) is 16.8 Å². The summed E-state index contributed by atoms with van der Waals surface area (Å²) in [5.74, 6) is 0.554. The summed E-state index contributed by atoms with van der Waals surface area (Å²) < 4.78 is 51.0. The molecule has 1 saturated heterocycles. The lowest BCUT2D eigenvalue weighted by atomic mass is 10.0. The van der Waals surface area contributed by atoms with Crippen molar-refractivity contribution in [2.75, 3.05) is 24.1 Å². The van der Waals surface area contributed by atoms with Gasteiger partial charge in [0.1, 0.15) is 0 Å². The lowest BCUT2D eigenvalue weighted by molar-refractivity contribution is 0.288. The summed E-state index contributed by atoms with van der Waals surface area (Å²) in [5, 5.41) is 0. The number of rotatable bonds is 4. The molecule has 1 fully saturated rings. The molecule has 8 heteroatoms. The predicted octanol–water partition coefficient (Wildman–Crippen LogP) is 1.48. The summed E-state index contributed by atoms with van der Waals surface area (Å²) in [7, 11) is -6.85. The first-order valence-corrected chi connectivity index (χ1v) is 10.1. The molecule has 6 nitrogen and oxygen atoms in total. The number of hydrogen-bond acceptors (Lipinski definition) is 4. The fourth-order valence-electron chi connectivity index (χ4n) is 2.28. The molecule has 0 bridgehead atoms. The fourth-order valence-corrected chi connectivity index (χ4v) is 4.32. The summed E-state index contributed by atoms with van der Waals surface area (Å²) in [6.07, 6.45) is 2.78. The van der Waals surface area contributed by atoms with Crippen LogP contribution >= 0.6 is 0 Å². The van der Waals surface area contributed by atoms with Crippen molar-refractivity contribution in [1.82, 2.24) is 4.31 Å². The van der Waals surface area contributed by atoms with Crippen LogP contribution in [0.2, 0.25) is 0 Å². The second-order valence-electron chi connectivity index (χ2n) is 5.49. The van der Waals surface area contributed by atoms with Crippen molar-refractivity contribution in [3.63, 3.8) is 0 Å². The van der Waals surface area contributed by atoms with E-state index >= 15 is 0 Å². The normalized spacial score (nSPS) is 18.6. The topological polar surface area (TPSA) is 83.6 Å². The second kappa shape index (κ2) is 5.94. The van der Waals surface area contributed by atoms with Crippen LogP contribution in [0.3, 0.4) is 0 Å². The van der Waals surface area contributed by atoms with E-state index in [1.807, 2.05) is 0 Å². The van der Waals surface area contributed by atoms with Gasteiger partial charge in [0.15, 0.2) is 0 Å². The second-order valence-corrected chi connectivity index (χ2v) is 9.17. The third-order valence-corrected chi connectivity index (χ3v) is 6.06. The first-order chi connectivity index (χ1) is 9.68. The third kappa shape index (κ3) is 4.18. The molecule has 1 heterocycles. The van der Waals surface area contributed by atoms with Gasteiger partial charge in [-0.2, -0.15) is 4.31 Å². The summed E-state index contributed by atoms with van der Waals surface area (Å²) in [4.78, 5) is 0.191. The maximum atomic E-state index is 12.5. The molecule has 0 unspecified atom stereocenters. The van der Waals surface area contributed by atoms with E-state index in [0.29, 0.717) is 24.7 Å². The van der Waals surface area contributed by atoms with E-state index in [2.05, 4.69) is 11.6 Å². The molecule has 0 saturated carbocycles. The molecule has 1 N–H and O–H groups in total. The maximum Gasteiger partial charge on any atom is 0.243 e. The molecule has 0 amide bonds. The summed E-state index contributed by atoms with van der Waals surface area (Å²) in [5.41, 5.74) is 0.351. The zero-order chi connectivity index (χ0) is 15.7. The molecule has 0 aliphatic carbocycles. The Morgan fingerprint density at radius 3 is 2.05 bits per heavy atom. The van der Waals surface area contributed by atoms with E-state index in [1.54, 1.807) is 0 Å². The van der Waals surface area contributed by atoms with Gasteiger partial charge in [0.25, 0.3) is 0 Å². The van der Waals surface area contributed by atoms with E-state index in [0.717, 1.165) is 19.1 Å². The van der Waals surface area contributed by atoms with Crippen LogP contribution in [0.15, 0.2) is 29.2 Å². The quantitative estimate of drug-likeness (QED) is 0.905. The smallest absolute Gasteiger partial charge is 0.243 e. The Balaban J connectivity index is 2.17. The lowest BCUT2D eigenvalue weighted by Crippen LogP contribution is -2.37. The number of piperidine rings is 1. The highest BCUT2D eigenvalue weighted by atomic mass is 32.2. The number of nitrogens with zero attached hydrogens (tertiary/aromatic N) is 1.